The summed E-state index contributed by atoms with van der Waals surface area (Å²) in [4.78, 5) is 11.9. The first kappa shape index (κ1) is 13.4. The van der Waals surface area contributed by atoms with Gasteiger partial charge in [0, 0.05) is 14.2 Å². The Morgan fingerprint density at radius 1 is 1.17 bits per heavy atom. The molecule has 0 spiro atoms. The second-order valence-electron chi connectivity index (χ2n) is 3.68. The van der Waals surface area contributed by atoms with Crippen molar-refractivity contribution in [2.24, 2.45) is 0 Å². The van der Waals surface area contributed by atoms with Crippen LogP contribution in [0, 0.1) is 3.57 Å². The smallest absolute Gasteiger partial charge is 0.200 e. The average Bonchev–Trinajstić information content (AvgIpc) is 2.38. The normalized spacial score (nSPS) is 10.1. The summed E-state index contributed by atoms with van der Waals surface area (Å²) in [6.45, 7) is 0.0148. The highest BCUT2D eigenvalue weighted by molar-refractivity contribution is 14.1. The molecule has 0 unspecified atom stereocenters. The molecule has 0 bridgehead atoms. The molecule has 0 fully saturated rings. The van der Waals surface area contributed by atoms with Crippen LogP contribution in [0.2, 0.25) is 5.02 Å². The molecule has 0 aromatic heterocycles. The van der Waals surface area contributed by atoms with E-state index in [0.717, 1.165) is 3.57 Å². The van der Waals surface area contributed by atoms with Gasteiger partial charge < -0.3 is 4.74 Å². The number of rotatable bonds is 4. The summed E-state index contributed by atoms with van der Waals surface area (Å²) in [5.41, 5.74) is 0.563. The maximum absolute atomic E-state index is 11.9. The van der Waals surface area contributed by atoms with Gasteiger partial charge >= 0.3 is 0 Å². The van der Waals surface area contributed by atoms with E-state index in [1.807, 2.05) is 24.3 Å². The second kappa shape index (κ2) is 6.20. The van der Waals surface area contributed by atoms with Gasteiger partial charge in [-0.15, -0.1) is 0 Å². The minimum Gasteiger partial charge on any atom is -0.485 e. The summed E-state index contributed by atoms with van der Waals surface area (Å²) in [6.07, 6.45) is 0. The zero-order valence-corrected chi connectivity index (χ0v) is 12.3. The van der Waals surface area contributed by atoms with E-state index in [9.17, 15) is 4.79 Å². The molecular formula is C14H10ClIO2. The third-order valence-corrected chi connectivity index (χ3v) is 3.28. The van der Waals surface area contributed by atoms with Gasteiger partial charge in [-0.3, -0.25) is 4.79 Å². The SMILES string of the molecule is O=C(COc1ccc(I)cc1)c1cccc(Cl)c1. The van der Waals surface area contributed by atoms with Gasteiger partial charge in [-0.05, 0) is 59.0 Å². The molecule has 0 atom stereocenters. The number of ketones is 1. The zero-order chi connectivity index (χ0) is 13.0. The van der Waals surface area contributed by atoms with Crippen molar-refractivity contribution in [2.75, 3.05) is 6.61 Å². The minimum atomic E-state index is -0.0870. The van der Waals surface area contributed by atoms with E-state index in [2.05, 4.69) is 22.6 Å². The summed E-state index contributed by atoms with van der Waals surface area (Å²) < 4.78 is 6.55. The van der Waals surface area contributed by atoms with E-state index in [1.54, 1.807) is 24.3 Å². The fourth-order valence-electron chi connectivity index (χ4n) is 1.42. The third kappa shape index (κ3) is 3.71. The van der Waals surface area contributed by atoms with Crippen molar-refractivity contribution in [3.8, 4) is 5.75 Å². The lowest BCUT2D eigenvalue weighted by molar-refractivity contribution is 0.0921. The summed E-state index contributed by atoms with van der Waals surface area (Å²) in [6, 6.07) is 14.4. The van der Waals surface area contributed by atoms with Gasteiger partial charge in [0.25, 0.3) is 0 Å². The van der Waals surface area contributed by atoms with E-state index in [4.69, 9.17) is 16.3 Å². The Kier molecular flexibility index (Phi) is 4.60. The van der Waals surface area contributed by atoms with Crippen LogP contribution in [-0.2, 0) is 0 Å². The molecule has 92 valence electrons. The number of carbonyl (C=O) groups excluding carboxylic acids is 1. The van der Waals surface area contributed by atoms with Crippen LogP contribution < -0.4 is 4.74 Å². The van der Waals surface area contributed by atoms with E-state index >= 15 is 0 Å². The Hall–Kier alpha value is -1.07. The third-order valence-electron chi connectivity index (χ3n) is 2.33. The highest BCUT2D eigenvalue weighted by Gasteiger charge is 2.07. The van der Waals surface area contributed by atoms with E-state index in [1.165, 1.54) is 0 Å². The highest BCUT2D eigenvalue weighted by atomic mass is 127. The summed E-state index contributed by atoms with van der Waals surface area (Å²) >= 11 is 8.04. The molecule has 0 amide bonds. The van der Waals surface area contributed by atoms with Gasteiger partial charge in [0.15, 0.2) is 12.4 Å². The zero-order valence-electron chi connectivity index (χ0n) is 9.40. The quantitative estimate of drug-likeness (QED) is 0.594. The fraction of sp³-hybridized carbons (Fsp3) is 0.0714. The van der Waals surface area contributed by atoms with Gasteiger partial charge in [-0.2, -0.15) is 0 Å². The Morgan fingerprint density at radius 2 is 1.89 bits per heavy atom. The van der Waals surface area contributed by atoms with Gasteiger partial charge in [0.1, 0.15) is 5.75 Å². The second-order valence-corrected chi connectivity index (χ2v) is 5.36. The molecule has 2 nitrogen and oxygen atoms in total. The van der Waals surface area contributed by atoms with Crippen LogP contribution in [0.15, 0.2) is 48.5 Å². The van der Waals surface area contributed by atoms with Crippen molar-refractivity contribution in [3.05, 3.63) is 62.7 Å². The summed E-state index contributed by atoms with van der Waals surface area (Å²) in [7, 11) is 0. The molecule has 0 aliphatic carbocycles. The Balaban J connectivity index is 1.98. The molecule has 0 N–H and O–H groups in total. The molecule has 0 saturated carbocycles. The predicted molar refractivity (Wildman–Crippen MR) is 80.4 cm³/mol. The van der Waals surface area contributed by atoms with E-state index in [0.29, 0.717) is 16.3 Å². The largest absolute Gasteiger partial charge is 0.485 e. The number of hydrogen-bond acceptors (Lipinski definition) is 2. The van der Waals surface area contributed by atoms with Crippen LogP contribution in [0.1, 0.15) is 10.4 Å². The van der Waals surface area contributed by atoms with E-state index in [-0.39, 0.29) is 12.4 Å². The number of halogens is 2. The highest BCUT2D eigenvalue weighted by Crippen LogP contribution is 2.15. The Labute approximate surface area is 124 Å². The standard InChI is InChI=1S/C14H10ClIO2/c15-11-3-1-2-10(8-11)14(17)9-18-13-6-4-12(16)5-7-13/h1-8H,9H2. The first-order valence-corrected chi connectivity index (χ1v) is 6.78. The molecule has 0 radical (unpaired) electrons. The molecule has 2 rings (SSSR count). The average molecular weight is 373 g/mol. The molecule has 0 aliphatic heterocycles. The number of ether oxygens (including phenoxy) is 1. The molecule has 2 aromatic rings. The molecule has 2 aromatic carbocycles. The van der Waals surface area contributed by atoms with Crippen LogP contribution in [0.3, 0.4) is 0 Å². The lowest BCUT2D eigenvalue weighted by atomic mass is 10.1. The molecular weight excluding hydrogens is 363 g/mol. The van der Waals surface area contributed by atoms with Crippen LogP contribution in [0.5, 0.6) is 5.75 Å². The minimum absolute atomic E-state index is 0.0148. The first-order chi connectivity index (χ1) is 8.65. The van der Waals surface area contributed by atoms with Crippen molar-refractivity contribution >= 4 is 40.0 Å². The van der Waals surface area contributed by atoms with Crippen molar-refractivity contribution in [3.63, 3.8) is 0 Å². The van der Waals surface area contributed by atoms with Crippen molar-refractivity contribution < 1.29 is 9.53 Å². The van der Waals surface area contributed by atoms with Crippen LogP contribution >= 0.6 is 34.2 Å². The first-order valence-electron chi connectivity index (χ1n) is 5.32. The summed E-state index contributed by atoms with van der Waals surface area (Å²) in [5.74, 6) is 0.599. The van der Waals surface area contributed by atoms with E-state index < -0.39 is 0 Å². The molecule has 4 heteroatoms. The van der Waals surface area contributed by atoms with Crippen LogP contribution in [-0.4, -0.2) is 12.4 Å². The Morgan fingerprint density at radius 3 is 2.56 bits per heavy atom. The van der Waals surface area contributed by atoms with Gasteiger partial charge in [-0.25, -0.2) is 0 Å². The maximum Gasteiger partial charge on any atom is 0.200 e. The summed E-state index contributed by atoms with van der Waals surface area (Å²) in [5, 5.41) is 0.551. The predicted octanol–water partition coefficient (Wildman–Crippen LogP) is 4.21. The molecule has 0 aliphatic rings. The van der Waals surface area contributed by atoms with Gasteiger partial charge in [-0.1, -0.05) is 23.7 Å². The fourth-order valence-corrected chi connectivity index (χ4v) is 1.97. The van der Waals surface area contributed by atoms with Crippen LogP contribution in [0.4, 0.5) is 0 Å². The number of hydrogen-bond donors (Lipinski definition) is 0. The van der Waals surface area contributed by atoms with Crippen molar-refractivity contribution in [1.29, 1.82) is 0 Å². The molecule has 0 heterocycles. The van der Waals surface area contributed by atoms with Crippen molar-refractivity contribution in [1.82, 2.24) is 0 Å². The van der Waals surface area contributed by atoms with Gasteiger partial charge in [0.2, 0.25) is 0 Å². The topological polar surface area (TPSA) is 26.3 Å². The van der Waals surface area contributed by atoms with Crippen LogP contribution in [0.25, 0.3) is 0 Å². The monoisotopic (exact) mass is 372 g/mol. The number of carbonyl (C=O) groups is 1. The molecule has 18 heavy (non-hydrogen) atoms. The van der Waals surface area contributed by atoms with Gasteiger partial charge in [0.05, 0.1) is 0 Å². The lowest BCUT2D eigenvalue weighted by Crippen LogP contribution is -2.11. The maximum atomic E-state index is 11.9. The van der Waals surface area contributed by atoms with Crippen molar-refractivity contribution in [2.45, 2.75) is 0 Å². The Bertz CT molecular complexity index is 552. The number of benzene rings is 2. The number of Topliss-reactive ketones (excluding diaryl/α,β-unsaturated/α-hetero) is 1. The molecule has 0 saturated heterocycles. The lowest BCUT2D eigenvalue weighted by Gasteiger charge is -2.05.